The molecule has 1 aliphatic heterocycles. The molecule has 0 fully saturated rings. The Bertz CT molecular complexity index is 713. The SMILES string of the molecule is C[C@@H]1CCc2cc(F)ccc2N1C(=O)c1nn(C)cc1I. The third-order valence-corrected chi connectivity index (χ3v) is 4.57. The highest BCUT2D eigenvalue weighted by atomic mass is 127. The third kappa shape index (κ3) is 2.56. The molecule has 4 nitrogen and oxygen atoms in total. The number of hydrogen-bond donors (Lipinski definition) is 0. The Morgan fingerprint density at radius 3 is 2.90 bits per heavy atom. The van der Waals surface area contributed by atoms with Gasteiger partial charge in [0.05, 0.1) is 3.57 Å². The van der Waals surface area contributed by atoms with Gasteiger partial charge >= 0.3 is 0 Å². The van der Waals surface area contributed by atoms with Crippen LogP contribution in [0, 0.1) is 9.39 Å². The van der Waals surface area contributed by atoms with Gasteiger partial charge in [-0.3, -0.25) is 9.48 Å². The Hall–Kier alpha value is -1.44. The largest absolute Gasteiger partial charge is 0.304 e. The molecule has 3 rings (SSSR count). The average molecular weight is 399 g/mol. The number of amides is 1. The molecule has 1 aromatic carbocycles. The molecule has 0 N–H and O–H groups in total. The molecule has 0 unspecified atom stereocenters. The van der Waals surface area contributed by atoms with Crippen molar-refractivity contribution in [2.24, 2.45) is 7.05 Å². The number of aryl methyl sites for hydroxylation is 2. The van der Waals surface area contributed by atoms with Gasteiger partial charge in [-0.25, -0.2) is 4.39 Å². The van der Waals surface area contributed by atoms with Crippen molar-refractivity contribution in [1.29, 1.82) is 0 Å². The maximum absolute atomic E-state index is 13.4. The standard InChI is InChI=1S/C15H15FIN3O/c1-9-3-4-10-7-11(16)5-6-13(10)20(9)15(21)14-12(17)8-19(2)18-14/h5-9H,3-4H2,1-2H3/t9-/m1/s1. The highest BCUT2D eigenvalue weighted by Gasteiger charge is 2.31. The lowest BCUT2D eigenvalue weighted by atomic mass is 9.96. The van der Waals surface area contributed by atoms with Crippen molar-refractivity contribution in [3.63, 3.8) is 0 Å². The van der Waals surface area contributed by atoms with Crippen LogP contribution in [0.15, 0.2) is 24.4 Å². The summed E-state index contributed by atoms with van der Waals surface area (Å²) in [6, 6.07) is 4.69. The predicted molar refractivity (Wildman–Crippen MR) is 86.9 cm³/mol. The van der Waals surface area contributed by atoms with Crippen molar-refractivity contribution >= 4 is 34.2 Å². The van der Waals surface area contributed by atoms with Gasteiger partial charge in [-0.15, -0.1) is 0 Å². The number of carbonyl (C=O) groups excluding carboxylic acids is 1. The van der Waals surface area contributed by atoms with Crippen LogP contribution in [0.3, 0.4) is 0 Å². The van der Waals surface area contributed by atoms with Gasteiger partial charge in [-0.05, 0) is 66.1 Å². The number of halogens is 2. The summed E-state index contributed by atoms with van der Waals surface area (Å²) in [6.45, 7) is 2.01. The first kappa shape index (κ1) is 14.5. The molecule has 2 aromatic rings. The molecule has 6 heteroatoms. The van der Waals surface area contributed by atoms with Crippen LogP contribution in [-0.4, -0.2) is 21.7 Å². The lowest BCUT2D eigenvalue weighted by molar-refractivity contribution is 0.0969. The summed E-state index contributed by atoms with van der Waals surface area (Å²) in [5.41, 5.74) is 2.12. The van der Waals surface area contributed by atoms with E-state index in [-0.39, 0.29) is 17.8 Å². The van der Waals surface area contributed by atoms with Gasteiger partial charge in [-0.1, -0.05) is 0 Å². The fourth-order valence-electron chi connectivity index (χ4n) is 2.75. The van der Waals surface area contributed by atoms with E-state index in [0.29, 0.717) is 5.69 Å². The summed E-state index contributed by atoms with van der Waals surface area (Å²) in [5.74, 6) is -0.386. The maximum atomic E-state index is 13.4. The molecule has 0 bridgehead atoms. The molecule has 2 heterocycles. The summed E-state index contributed by atoms with van der Waals surface area (Å²) < 4.78 is 15.8. The number of carbonyl (C=O) groups is 1. The number of anilines is 1. The van der Waals surface area contributed by atoms with E-state index in [0.717, 1.165) is 27.7 Å². The molecule has 21 heavy (non-hydrogen) atoms. The Kier molecular flexibility index (Phi) is 3.73. The summed E-state index contributed by atoms with van der Waals surface area (Å²) in [6.07, 6.45) is 3.43. The van der Waals surface area contributed by atoms with E-state index in [1.807, 2.05) is 13.1 Å². The molecule has 110 valence electrons. The summed E-state index contributed by atoms with van der Waals surface area (Å²) in [7, 11) is 1.79. The van der Waals surface area contributed by atoms with Gasteiger partial charge in [0, 0.05) is 25.0 Å². The topological polar surface area (TPSA) is 38.1 Å². The second-order valence-corrected chi connectivity index (χ2v) is 6.50. The number of nitrogens with zero attached hydrogens (tertiary/aromatic N) is 3. The van der Waals surface area contributed by atoms with Gasteiger partial charge in [-0.2, -0.15) is 5.10 Å². The Labute approximate surface area is 136 Å². The van der Waals surface area contributed by atoms with E-state index in [2.05, 4.69) is 27.7 Å². The zero-order valence-electron chi connectivity index (χ0n) is 11.8. The van der Waals surface area contributed by atoms with Gasteiger partial charge in [0.15, 0.2) is 5.69 Å². The Balaban J connectivity index is 2.05. The van der Waals surface area contributed by atoms with Crippen LogP contribution in [0.25, 0.3) is 0 Å². The average Bonchev–Trinajstić information content (AvgIpc) is 2.77. The van der Waals surface area contributed by atoms with Gasteiger partial charge in [0.1, 0.15) is 5.82 Å². The van der Waals surface area contributed by atoms with E-state index >= 15 is 0 Å². The lowest BCUT2D eigenvalue weighted by Gasteiger charge is -2.35. The Morgan fingerprint density at radius 2 is 2.24 bits per heavy atom. The summed E-state index contributed by atoms with van der Waals surface area (Å²) >= 11 is 2.11. The quantitative estimate of drug-likeness (QED) is 0.692. The van der Waals surface area contributed by atoms with Crippen LogP contribution in [0.2, 0.25) is 0 Å². The number of fused-ring (bicyclic) bond motifs is 1. The second kappa shape index (κ2) is 5.40. The highest BCUT2D eigenvalue weighted by Crippen LogP contribution is 2.32. The van der Waals surface area contributed by atoms with Gasteiger partial charge in [0.25, 0.3) is 5.91 Å². The minimum absolute atomic E-state index is 0.0771. The maximum Gasteiger partial charge on any atom is 0.280 e. The first-order chi connectivity index (χ1) is 9.97. The van der Waals surface area contributed by atoms with Crippen LogP contribution >= 0.6 is 22.6 Å². The van der Waals surface area contributed by atoms with Crippen molar-refractivity contribution in [2.75, 3.05) is 4.90 Å². The first-order valence-corrected chi connectivity index (χ1v) is 7.86. The molecule has 0 saturated carbocycles. The van der Waals surface area contributed by atoms with E-state index < -0.39 is 0 Å². The number of hydrogen-bond acceptors (Lipinski definition) is 2. The molecular weight excluding hydrogens is 384 g/mol. The van der Waals surface area contributed by atoms with Crippen molar-refractivity contribution in [2.45, 2.75) is 25.8 Å². The van der Waals surface area contributed by atoms with Crippen LogP contribution in [-0.2, 0) is 13.5 Å². The van der Waals surface area contributed by atoms with Crippen LogP contribution in [0.1, 0.15) is 29.4 Å². The molecule has 1 amide bonds. The van der Waals surface area contributed by atoms with E-state index in [1.165, 1.54) is 12.1 Å². The van der Waals surface area contributed by atoms with Crippen molar-refractivity contribution < 1.29 is 9.18 Å². The van der Waals surface area contributed by atoms with Crippen molar-refractivity contribution in [3.8, 4) is 0 Å². The molecule has 0 spiro atoms. The number of benzene rings is 1. The Morgan fingerprint density at radius 1 is 1.48 bits per heavy atom. The van der Waals surface area contributed by atoms with Gasteiger partial charge < -0.3 is 4.90 Å². The fraction of sp³-hybridized carbons (Fsp3) is 0.333. The van der Waals surface area contributed by atoms with Crippen molar-refractivity contribution in [1.82, 2.24) is 9.78 Å². The molecule has 1 atom stereocenters. The molecule has 1 aromatic heterocycles. The van der Waals surface area contributed by atoms with Crippen LogP contribution in [0.4, 0.5) is 10.1 Å². The normalized spacial score (nSPS) is 17.7. The molecular formula is C15H15FIN3O. The number of aromatic nitrogens is 2. The molecule has 0 saturated heterocycles. The lowest BCUT2D eigenvalue weighted by Crippen LogP contribution is -2.42. The van der Waals surface area contributed by atoms with Crippen LogP contribution < -0.4 is 4.90 Å². The van der Waals surface area contributed by atoms with Crippen molar-refractivity contribution in [3.05, 3.63) is 45.0 Å². The molecule has 0 aliphatic carbocycles. The monoisotopic (exact) mass is 399 g/mol. The first-order valence-electron chi connectivity index (χ1n) is 6.78. The molecule has 0 radical (unpaired) electrons. The van der Waals surface area contributed by atoms with E-state index in [9.17, 15) is 9.18 Å². The highest BCUT2D eigenvalue weighted by molar-refractivity contribution is 14.1. The minimum atomic E-state index is -0.261. The predicted octanol–water partition coefficient (Wildman–Crippen LogP) is 3.15. The second-order valence-electron chi connectivity index (χ2n) is 5.34. The summed E-state index contributed by atoms with van der Waals surface area (Å²) in [4.78, 5) is 14.6. The summed E-state index contributed by atoms with van der Waals surface area (Å²) in [5, 5.41) is 4.25. The third-order valence-electron chi connectivity index (χ3n) is 3.78. The smallest absolute Gasteiger partial charge is 0.280 e. The van der Waals surface area contributed by atoms with E-state index in [1.54, 1.807) is 22.7 Å². The van der Waals surface area contributed by atoms with Gasteiger partial charge in [0.2, 0.25) is 0 Å². The van der Waals surface area contributed by atoms with Crippen LogP contribution in [0.5, 0.6) is 0 Å². The zero-order chi connectivity index (χ0) is 15.1. The fourth-order valence-corrected chi connectivity index (χ4v) is 3.49. The zero-order valence-corrected chi connectivity index (χ0v) is 14.0. The van der Waals surface area contributed by atoms with E-state index in [4.69, 9.17) is 0 Å². The number of rotatable bonds is 1. The minimum Gasteiger partial charge on any atom is -0.304 e. The molecule has 1 aliphatic rings.